The van der Waals surface area contributed by atoms with Gasteiger partial charge in [0.15, 0.2) is 0 Å². The van der Waals surface area contributed by atoms with E-state index in [0.29, 0.717) is 47.9 Å². The molecule has 0 aliphatic heterocycles. The van der Waals surface area contributed by atoms with Crippen molar-refractivity contribution in [3.63, 3.8) is 0 Å². The molecule has 32 heavy (non-hydrogen) atoms. The summed E-state index contributed by atoms with van der Waals surface area (Å²) in [4.78, 5) is 12.0. The lowest BCUT2D eigenvalue weighted by atomic mass is 10.2. The number of ether oxygens (including phenoxy) is 3. The first kappa shape index (κ1) is 23.6. The van der Waals surface area contributed by atoms with E-state index in [1.807, 2.05) is 48.5 Å². The minimum Gasteiger partial charge on any atom is -0.491 e. The zero-order valence-electron chi connectivity index (χ0n) is 17.1. The van der Waals surface area contributed by atoms with Crippen molar-refractivity contribution in [3.8, 4) is 11.5 Å². The van der Waals surface area contributed by atoms with Crippen molar-refractivity contribution in [1.29, 1.82) is 0 Å². The molecule has 3 N–H and O–H groups in total. The third kappa shape index (κ3) is 8.25. The van der Waals surface area contributed by atoms with Crippen LogP contribution < -0.4 is 20.6 Å². The van der Waals surface area contributed by atoms with Crippen LogP contribution in [0.5, 0.6) is 11.5 Å². The second-order valence-electron chi connectivity index (χ2n) is 6.31. The molecule has 0 aliphatic carbocycles. The zero-order chi connectivity index (χ0) is 22.6. The standard InChI is InChI=1S/C21H22BrN5O4S/c22-16-6-7-18(31-11-9-29-8-10-30-17-4-2-1-3-5-17)15(12-16)14-24-25-19(28)13-20-26-27-21(23)32-20/h1-7,12,14H,8-11,13H2,(H2,23,27)(H,25,28)/b24-14+. The van der Waals surface area contributed by atoms with Crippen molar-refractivity contribution in [2.75, 3.05) is 32.2 Å². The van der Waals surface area contributed by atoms with Gasteiger partial charge in [-0.25, -0.2) is 5.43 Å². The smallest absolute Gasteiger partial charge is 0.247 e. The highest BCUT2D eigenvalue weighted by Crippen LogP contribution is 2.22. The first-order valence-electron chi connectivity index (χ1n) is 9.68. The summed E-state index contributed by atoms with van der Waals surface area (Å²) in [5.41, 5.74) is 8.67. The lowest BCUT2D eigenvalue weighted by Gasteiger charge is -2.10. The molecule has 2 aromatic carbocycles. The number of nitrogens with two attached hydrogens (primary N) is 1. The molecule has 0 bridgehead atoms. The zero-order valence-corrected chi connectivity index (χ0v) is 19.5. The van der Waals surface area contributed by atoms with Crippen LogP contribution in [0, 0.1) is 0 Å². The lowest BCUT2D eigenvalue weighted by Crippen LogP contribution is -2.19. The number of hydrogen-bond acceptors (Lipinski definition) is 9. The Bertz CT molecular complexity index is 1030. The lowest BCUT2D eigenvalue weighted by molar-refractivity contribution is -0.120. The van der Waals surface area contributed by atoms with E-state index in [-0.39, 0.29) is 12.3 Å². The van der Waals surface area contributed by atoms with Crippen molar-refractivity contribution in [3.05, 3.63) is 63.6 Å². The molecular weight excluding hydrogens is 498 g/mol. The summed E-state index contributed by atoms with van der Waals surface area (Å²) in [5, 5.41) is 12.3. The summed E-state index contributed by atoms with van der Waals surface area (Å²) < 4.78 is 17.8. The Morgan fingerprint density at radius 3 is 2.62 bits per heavy atom. The maximum absolute atomic E-state index is 12.0. The Morgan fingerprint density at radius 2 is 1.88 bits per heavy atom. The van der Waals surface area contributed by atoms with E-state index in [1.54, 1.807) is 0 Å². The predicted octanol–water partition coefficient (Wildman–Crippen LogP) is 3.05. The van der Waals surface area contributed by atoms with Crippen LogP contribution >= 0.6 is 27.3 Å². The van der Waals surface area contributed by atoms with Gasteiger partial charge in [-0.1, -0.05) is 45.5 Å². The van der Waals surface area contributed by atoms with Gasteiger partial charge in [-0.05, 0) is 30.3 Å². The molecular formula is C21H22BrN5O4S. The van der Waals surface area contributed by atoms with Crippen molar-refractivity contribution >= 4 is 44.5 Å². The quantitative estimate of drug-likeness (QED) is 0.214. The molecule has 0 aliphatic rings. The van der Waals surface area contributed by atoms with Crippen LogP contribution in [-0.4, -0.2) is 48.7 Å². The van der Waals surface area contributed by atoms with Gasteiger partial charge in [0.05, 0.1) is 25.8 Å². The van der Waals surface area contributed by atoms with Gasteiger partial charge in [0.1, 0.15) is 29.7 Å². The van der Waals surface area contributed by atoms with E-state index in [9.17, 15) is 4.79 Å². The van der Waals surface area contributed by atoms with Crippen LogP contribution in [0.25, 0.3) is 0 Å². The van der Waals surface area contributed by atoms with Gasteiger partial charge in [-0.3, -0.25) is 4.79 Å². The Hall–Kier alpha value is -3.02. The Kier molecular flexibility index (Phi) is 9.41. The molecule has 3 aromatic rings. The fourth-order valence-corrected chi connectivity index (χ4v) is 3.47. The monoisotopic (exact) mass is 519 g/mol. The van der Waals surface area contributed by atoms with E-state index in [4.69, 9.17) is 19.9 Å². The molecule has 0 spiro atoms. The van der Waals surface area contributed by atoms with Gasteiger partial charge in [-0.2, -0.15) is 5.10 Å². The van der Waals surface area contributed by atoms with Crippen molar-refractivity contribution in [1.82, 2.24) is 15.6 Å². The molecule has 0 fully saturated rings. The number of nitrogen functional groups attached to an aromatic ring is 1. The van der Waals surface area contributed by atoms with E-state index in [0.717, 1.165) is 21.6 Å². The van der Waals surface area contributed by atoms with E-state index >= 15 is 0 Å². The fourth-order valence-electron chi connectivity index (χ4n) is 2.49. The maximum atomic E-state index is 12.0. The summed E-state index contributed by atoms with van der Waals surface area (Å²) in [6.45, 7) is 1.69. The molecule has 168 valence electrons. The fraction of sp³-hybridized carbons (Fsp3) is 0.238. The number of rotatable bonds is 12. The molecule has 3 rings (SSSR count). The van der Waals surface area contributed by atoms with Gasteiger partial charge in [0.2, 0.25) is 11.0 Å². The number of hydrogen-bond donors (Lipinski definition) is 2. The third-order valence-electron chi connectivity index (χ3n) is 3.88. The number of hydrazone groups is 1. The number of carbonyl (C=O) groups is 1. The number of nitrogens with zero attached hydrogens (tertiary/aromatic N) is 3. The largest absolute Gasteiger partial charge is 0.491 e. The average Bonchev–Trinajstić information content (AvgIpc) is 3.19. The summed E-state index contributed by atoms with van der Waals surface area (Å²) in [7, 11) is 0. The summed E-state index contributed by atoms with van der Waals surface area (Å²) in [6, 6.07) is 15.1. The molecule has 9 nitrogen and oxygen atoms in total. The molecule has 0 unspecified atom stereocenters. The predicted molar refractivity (Wildman–Crippen MR) is 126 cm³/mol. The number of amides is 1. The first-order chi connectivity index (χ1) is 15.6. The summed E-state index contributed by atoms with van der Waals surface area (Å²) >= 11 is 4.59. The number of nitrogens with one attached hydrogen (secondary N) is 1. The highest BCUT2D eigenvalue weighted by Gasteiger charge is 2.08. The van der Waals surface area contributed by atoms with Crippen LogP contribution in [0.3, 0.4) is 0 Å². The SMILES string of the molecule is Nc1nnc(CC(=O)N/N=C/c2cc(Br)ccc2OCCOCCOc2ccccc2)s1. The van der Waals surface area contributed by atoms with Gasteiger partial charge >= 0.3 is 0 Å². The van der Waals surface area contributed by atoms with Crippen LogP contribution in [0.2, 0.25) is 0 Å². The summed E-state index contributed by atoms with van der Waals surface area (Å²) in [6.07, 6.45) is 1.57. The highest BCUT2D eigenvalue weighted by molar-refractivity contribution is 9.10. The van der Waals surface area contributed by atoms with Crippen LogP contribution in [0.4, 0.5) is 5.13 Å². The maximum Gasteiger partial charge on any atom is 0.247 e. The Balaban J connectivity index is 1.39. The number of anilines is 1. The third-order valence-corrected chi connectivity index (χ3v) is 5.13. The number of aromatic nitrogens is 2. The Morgan fingerprint density at radius 1 is 1.09 bits per heavy atom. The first-order valence-corrected chi connectivity index (χ1v) is 11.3. The highest BCUT2D eigenvalue weighted by atomic mass is 79.9. The van der Waals surface area contributed by atoms with Crippen molar-refractivity contribution in [2.24, 2.45) is 5.10 Å². The van der Waals surface area contributed by atoms with Gasteiger partial charge in [-0.15, -0.1) is 10.2 Å². The summed E-state index contributed by atoms with van der Waals surface area (Å²) in [5.74, 6) is 1.11. The second-order valence-corrected chi connectivity index (χ2v) is 8.32. The molecule has 1 amide bonds. The Labute approximate surface area is 197 Å². The van der Waals surface area contributed by atoms with Crippen molar-refractivity contribution < 1.29 is 19.0 Å². The number of benzene rings is 2. The molecule has 1 aromatic heterocycles. The topological polar surface area (TPSA) is 121 Å². The number of para-hydroxylation sites is 1. The molecule has 1 heterocycles. The van der Waals surface area contributed by atoms with Gasteiger partial charge in [0, 0.05) is 10.0 Å². The van der Waals surface area contributed by atoms with Crippen LogP contribution in [-0.2, 0) is 16.0 Å². The van der Waals surface area contributed by atoms with E-state index < -0.39 is 0 Å². The normalized spacial score (nSPS) is 10.9. The van der Waals surface area contributed by atoms with E-state index in [2.05, 4.69) is 36.7 Å². The minimum absolute atomic E-state index is 0.0549. The molecule has 11 heteroatoms. The molecule has 0 saturated heterocycles. The van der Waals surface area contributed by atoms with Crippen molar-refractivity contribution in [2.45, 2.75) is 6.42 Å². The minimum atomic E-state index is -0.319. The van der Waals surface area contributed by atoms with Crippen LogP contribution in [0.1, 0.15) is 10.6 Å². The second kappa shape index (κ2) is 12.7. The van der Waals surface area contributed by atoms with E-state index in [1.165, 1.54) is 6.21 Å². The molecule has 0 atom stereocenters. The average molecular weight is 520 g/mol. The number of halogens is 1. The number of carbonyl (C=O) groups excluding carboxylic acids is 1. The van der Waals surface area contributed by atoms with Gasteiger partial charge in [0.25, 0.3) is 0 Å². The molecule has 0 radical (unpaired) electrons. The van der Waals surface area contributed by atoms with Crippen LogP contribution in [0.15, 0.2) is 58.1 Å². The molecule has 0 saturated carbocycles. The van der Waals surface area contributed by atoms with Gasteiger partial charge < -0.3 is 19.9 Å².